The number of rotatable bonds is 3. The summed E-state index contributed by atoms with van der Waals surface area (Å²) in [6.45, 7) is 0. The van der Waals surface area contributed by atoms with Crippen molar-refractivity contribution in [2.75, 3.05) is 10.5 Å². The molecular weight excluding hydrogens is 276 g/mol. The number of hydrogen-bond acceptors (Lipinski definition) is 4. The number of benzene rings is 1. The zero-order valence-corrected chi connectivity index (χ0v) is 10.3. The topological polar surface area (TPSA) is 85.1 Å². The molecule has 1 heterocycles. The van der Waals surface area contributed by atoms with Crippen LogP contribution in [0.4, 0.5) is 20.3 Å². The highest BCUT2D eigenvalue weighted by Gasteiger charge is 2.20. The molecule has 1 aromatic carbocycles. The Bertz CT molecular complexity index is 702. The Morgan fingerprint density at radius 1 is 1.16 bits per heavy atom. The molecule has 0 aliphatic carbocycles. The van der Waals surface area contributed by atoms with Crippen molar-refractivity contribution in [3.8, 4) is 0 Å². The molecule has 0 unspecified atom stereocenters. The quantitative estimate of drug-likeness (QED) is 0.899. The second-order valence-corrected chi connectivity index (χ2v) is 5.31. The Hall–Kier alpha value is -2.22. The van der Waals surface area contributed by atoms with Crippen LogP contribution in [0.25, 0.3) is 0 Å². The fraction of sp³-hybridized carbons (Fsp3) is 0. The first-order valence-corrected chi connectivity index (χ1v) is 6.56. The Morgan fingerprint density at radius 2 is 1.89 bits per heavy atom. The lowest BCUT2D eigenvalue weighted by atomic mass is 10.3. The zero-order chi connectivity index (χ0) is 14.0. The van der Waals surface area contributed by atoms with E-state index in [1.807, 2.05) is 0 Å². The van der Waals surface area contributed by atoms with Crippen molar-refractivity contribution < 1.29 is 17.2 Å². The molecule has 0 radical (unpaired) electrons. The molecule has 0 spiro atoms. The molecule has 0 aliphatic rings. The predicted molar refractivity (Wildman–Crippen MR) is 65.8 cm³/mol. The van der Waals surface area contributed by atoms with Crippen molar-refractivity contribution in [2.45, 2.75) is 4.90 Å². The van der Waals surface area contributed by atoms with Crippen LogP contribution in [0.1, 0.15) is 0 Å². The van der Waals surface area contributed by atoms with Gasteiger partial charge in [0.05, 0.1) is 11.9 Å². The van der Waals surface area contributed by atoms with Gasteiger partial charge in [-0.25, -0.2) is 22.2 Å². The number of anilines is 2. The molecular formula is C11H9F2N3O2S. The summed E-state index contributed by atoms with van der Waals surface area (Å²) in [5, 5.41) is 0. The molecule has 8 heteroatoms. The summed E-state index contributed by atoms with van der Waals surface area (Å²) in [4.78, 5) is 3.06. The fourth-order valence-electron chi connectivity index (χ4n) is 1.35. The van der Waals surface area contributed by atoms with Gasteiger partial charge in [-0.05, 0) is 24.3 Å². The van der Waals surface area contributed by atoms with Crippen LogP contribution in [0.5, 0.6) is 0 Å². The average molecular weight is 285 g/mol. The van der Waals surface area contributed by atoms with E-state index in [-0.39, 0.29) is 5.82 Å². The van der Waals surface area contributed by atoms with E-state index in [1.54, 1.807) is 0 Å². The van der Waals surface area contributed by atoms with Gasteiger partial charge in [-0.1, -0.05) is 0 Å². The predicted octanol–water partition coefficient (Wildman–Crippen LogP) is 1.74. The number of aromatic nitrogens is 1. The molecule has 0 amide bonds. The van der Waals surface area contributed by atoms with Gasteiger partial charge in [0, 0.05) is 6.07 Å². The Labute approximate surface area is 108 Å². The molecule has 3 N–H and O–H groups in total. The van der Waals surface area contributed by atoms with E-state index in [9.17, 15) is 17.2 Å². The third-order valence-electron chi connectivity index (χ3n) is 2.21. The van der Waals surface area contributed by atoms with E-state index in [0.29, 0.717) is 11.8 Å². The maximum Gasteiger partial charge on any atom is 0.265 e. The highest BCUT2D eigenvalue weighted by Crippen LogP contribution is 2.18. The summed E-state index contributed by atoms with van der Waals surface area (Å²) in [6, 6.07) is 4.95. The SMILES string of the molecule is Nc1ccc(NS(=O)(=O)c2ccc(F)cc2F)nc1. The van der Waals surface area contributed by atoms with Gasteiger partial charge in [0.1, 0.15) is 22.3 Å². The summed E-state index contributed by atoms with van der Waals surface area (Å²) < 4.78 is 52.0. The van der Waals surface area contributed by atoms with Gasteiger partial charge in [-0.3, -0.25) is 4.72 Å². The number of hydrogen-bond donors (Lipinski definition) is 2. The minimum absolute atomic E-state index is 0.0158. The minimum Gasteiger partial charge on any atom is -0.397 e. The third kappa shape index (κ3) is 2.97. The second-order valence-electron chi connectivity index (χ2n) is 3.66. The molecule has 2 aromatic rings. The van der Waals surface area contributed by atoms with Crippen LogP contribution in [0.2, 0.25) is 0 Å². The Kier molecular flexibility index (Phi) is 3.34. The summed E-state index contributed by atoms with van der Waals surface area (Å²) in [7, 11) is -4.17. The molecule has 2 rings (SSSR count). The lowest BCUT2D eigenvalue weighted by molar-refractivity contribution is 0.551. The van der Waals surface area contributed by atoms with Gasteiger partial charge < -0.3 is 5.73 Å². The van der Waals surface area contributed by atoms with Gasteiger partial charge >= 0.3 is 0 Å². The third-order valence-corrected chi connectivity index (χ3v) is 3.60. The maximum atomic E-state index is 13.4. The van der Waals surface area contributed by atoms with Gasteiger partial charge in [0.25, 0.3) is 10.0 Å². The largest absolute Gasteiger partial charge is 0.397 e. The summed E-state index contributed by atoms with van der Waals surface area (Å²) in [6.07, 6.45) is 1.25. The summed E-state index contributed by atoms with van der Waals surface area (Å²) in [5.41, 5.74) is 5.76. The first-order chi connectivity index (χ1) is 8.88. The van der Waals surface area contributed by atoms with Crippen molar-refractivity contribution in [3.63, 3.8) is 0 Å². The fourth-order valence-corrected chi connectivity index (χ4v) is 2.42. The molecule has 0 saturated heterocycles. The highest BCUT2D eigenvalue weighted by molar-refractivity contribution is 7.92. The molecule has 1 aromatic heterocycles. The number of pyridine rings is 1. The smallest absolute Gasteiger partial charge is 0.265 e. The number of nitrogens with two attached hydrogens (primary N) is 1. The lowest BCUT2D eigenvalue weighted by Crippen LogP contribution is -2.15. The molecule has 100 valence electrons. The normalized spacial score (nSPS) is 11.3. The van der Waals surface area contributed by atoms with E-state index in [0.717, 1.165) is 12.1 Å². The van der Waals surface area contributed by atoms with Gasteiger partial charge in [0.15, 0.2) is 0 Å². The Morgan fingerprint density at radius 3 is 2.47 bits per heavy atom. The van der Waals surface area contributed by atoms with E-state index in [1.165, 1.54) is 18.3 Å². The van der Waals surface area contributed by atoms with Crippen LogP contribution in [-0.2, 0) is 10.0 Å². The number of nitrogens with one attached hydrogen (secondary N) is 1. The second kappa shape index (κ2) is 4.81. The van der Waals surface area contributed by atoms with Crippen LogP contribution < -0.4 is 10.5 Å². The van der Waals surface area contributed by atoms with Gasteiger partial charge in [0.2, 0.25) is 0 Å². The maximum absolute atomic E-state index is 13.4. The van der Waals surface area contributed by atoms with Crippen molar-refractivity contribution in [1.82, 2.24) is 4.98 Å². The van der Waals surface area contributed by atoms with Crippen LogP contribution in [-0.4, -0.2) is 13.4 Å². The zero-order valence-electron chi connectivity index (χ0n) is 9.47. The molecule has 0 atom stereocenters. The van der Waals surface area contributed by atoms with Crippen molar-refractivity contribution in [1.29, 1.82) is 0 Å². The molecule has 19 heavy (non-hydrogen) atoms. The lowest BCUT2D eigenvalue weighted by Gasteiger charge is -2.08. The molecule has 0 bridgehead atoms. The number of nitrogens with zero attached hydrogens (tertiary/aromatic N) is 1. The monoisotopic (exact) mass is 285 g/mol. The number of nitrogen functional groups attached to an aromatic ring is 1. The average Bonchev–Trinajstić information content (AvgIpc) is 2.31. The van der Waals surface area contributed by atoms with Crippen LogP contribution >= 0.6 is 0 Å². The van der Waals surface area contributed by atoms with Gasteiger partial charge in [-0.2, -0.15) is 0 Å². The first-order valence-electron chi connectivity index (χ1n) is 5.08. The number of sulfonamides is 1. The summed E-state index contributed by atoms with van der Waals surface area (Å²) >= 11 is 0. The first kappa shape index (κ1) is 13.2. The van der Waals surface area contributed by atoms with Crippen molar-refractivity contribution in [3.05, 3.63) is 48.2 Å². The molecule has 0 saturated carbocycles. The minimum atomic E-state index is -4.17. The van der Waals surface area contributed by atoms with E-state index >= 15 is 0 Å². The molecule has 0 fully saturated rings. The molecule has 5 nitrogen and oxygen atoms in total. The highest BCUT2D eigenvalue weighted by atomic mass is 32.2. The van der Waals surface area contributed by atoms with Crippen molar-refractivity contribution in [2.24, 2.45) is 0 Å². The summed E-state index contributed by atoms with van der Waals surface area (Å²) in [5.74, 6) is -2.05. The van der Waals surface area contributed by atoms with Gasteiger partial charge in [-0.15, -0.1) is 0 Å². The van der Waals surface area contributed by atoms with E-state index in [2.05, 4.69) is 9.71 Å². The van der Waals surface area contributed by atoms with Crippen LogP contribution in [0.3, 0.4) is 0 Å². The standard InChI is InChI=1S/C11H9F2N3O2S/c12-7-1-3-10(9(13)5-7)19(17,18)16-11-4-2-8(14)6-15-11/h1-6H,14H2,(H,15,16). The van der Waals surface area contributed by atoms with Crippen LogP contribution in [0, 0.1) is 11.6 Å². The van der Waals surface area contributed by atoms with E-state index in [4.69, 9.17) is 5.73 Å². The van der Waals surface area contributed by atoms with Crippen LogP contribution in [0.15, 0.2) is 41.4 Å². The van der Waals surface area contributed by atoms with Crippen molar-refractivity contribution >= 4 is 21.5 Å². The molecule has 0 aliphatic heterocycles. The number of halogens is 2. The Balaban J connectivity index is 2.35. The van der Waals surface area contributed by atoms with E-state index < -0.39 is 26.6 Å².